The van der Waals surface area contributed by atoms with Gasteiger partial charge in [-0.3, -0.25) is 4.72 Å². The van der Waals surface area contributed by atoms with Crippen LogP contribution in [0.2, 0.25) is 10.0 Å². The van der Waals surface area contributed by atoms with Crippen LogP contribution in [-0.4, -0.2) is 15.5 Å². The van der Waals surface area contributed by atoms with Crippen LogP contribution in [0, 0.1) is 0 Å². The van der Waals surface area contributed by atoms with E-state index in [9.17, 15) is 8.42 Å². The summed E-state index contributed by atoms with van der Waals surface area (Å²) in [5.74, 6) is 0.180. The summed E-state index contributed by atoms with van der Waals surface area (Å²) in [7, 11) is -1.72. The van der Waals surface area contributed by atoms with Crippen molar-refractivity contribution in [2.45, 2.75) is 29.7 Å². The van der Waals surface area contributed by atoms with Crippen molar-refractivity contribution < 1.29 is 8.42 Å². The van der Waals surface area contributed by atoms with Gasteiger partial charge in [0.15, 0.2) is 0 Å². The average molecular weight is 461 g/mol. The highest BCUT2D eigenvalue weighted by Gasteiger charge is 2.28. The van der Waals surface area contributed by atoms with E-state index >= 15 is 0 Å². The molecule has 0 heterocycles. The van der Waals surface area contributed by atoms with E-state index in [1.165, 1.54) is 5.56 Å². The van der Waals surface area contributed by atoms with Crippen LogP contribution < -0.4 is 10.0 Å². The van der Waals surface area contributed by atoms with Gasteiger partial charge in [-0.25, -0.2) is 8.42 Å². The maximum absolute atomic E-state index is 12.7. The number of sulfonamides is 1. The summed E-state index contributed by atoms with van der Waals surface area (Å²) in [5.41, 5.74) is 3.92. The molecule has 2 atom stereocenters. The topological polar surface area (TPSA) is 58.2 Å². The minimum absolute atomic E-state index is 0.153. The van der Waals surface area contributed by atoms with E-state index in [0.29, 0.717) is 15.7 Å². The maximum Gasteiger partial charge on any atom is 0.261 e. The van der Waals surface area contributed by atoms with Crippen LogP contribution in [-0.2, 0) is 10.0 Å². The van der Waals surface area contributed by atoms with Gasteiger partial charge in [-0.15, -0.1) is 0 Å². The van der Waals surface area contributed by atoms with Gasteiger partial charge < -0.3 is 5.32 Å². The molecular weight excluding hydrogens is 439 g/mol. The van der Waals surface area contributed by atoms with Crippen LogP contribution >= 0.6 is 23.2 Å². The maximum atomic E-state index is 12.7. The highest BCUT2D eigenvalue weighted by atomic mass is 35.5. The molecule has 156 valence electrons. The normalized spacial score (nSPS) is 18.6. The molecule has 0 aliphatic heterocycles. The fraction of sp³-hybridized carbons (Fsp3) is 0.217. The third-order valence-corrected chi connectivity index (χ3v) is 7.72. The first-order chi connectivity index (χ1) is 14.4. The lowest BCUT2D eigenvalue weighted by Gasteiger charge is -2.32. The second-order valence-corrected chi connectivity index (χ2v) is 9.90. The number of fused-ring (bicyclic) bond motifs is 1. The summed E-state index contributed by atoms with van der Waals surface area (Å²) in [4.78, 5) is 0.238. The van der Waals surface area contributed by atoms with Crippen LogP contribution in [0.5, 0.6) is 0 Å². The summed E-state index contributed by atoms with van der Waals surface area (Å²) in [5, 5.41) is 4.43. The first-order valence-electron chi connectivity index (χ1n) is 9.73. The van der Waals surface area contributed by atoms with Crippen molar-refractivity contribution in [3.63, 3.8) is 0 Å². The molecule has 0 bridgehead atoms. The van der Waals surface area contributed by atoms with Gasteiger partial charge in [0.25, 0.3) is 10.0 Å². The molecule has 3 aromatic rings. The molecule has 0 fully saturated rings. The van der Waals surface area contributed by atoms with Gasteiger partial charge >= 0.3 is 0 Å². The summed E-state index contributed by atoms with van der Waals surface area (Å²) >= 11 is 12.3. The largest absolute Gasteiger partial charge is 0.313 e. The van der Waals surface area contributed by atoms with Gasteiger partial charge in [-0.2, -0.15) is 0 Å². The van der Waals surface area contributed by atoms with Gasteiger partial charge in [0.2, 0.25) is 0 Å². The zero-order valence-corrected chi connectivity index (χ0v) is 18.7. The lowest BCUT2D eigenvalue weighted by molar-refractivity contribution is 0.471. The van der Waals surface area contributed by atoms with Crippen molar-refractivity contribution >= 4 is 38.9 Å². The van der Waals surface area contributed by atoms with Crippen molar-refractivity contribution in [1.82, 2.24) is 5.32 Å². The molecule has 1 aliphatic rings. The molecule has 0 unspecified atom stereocenters. The van der Waals surface area contributed by atoms with Crippen molar-refractivity contribution in [1.29, 1.82) is 0 Å². The van der Waals surface area contributed by atoms with Crippen LogP contribution in [0.25, 0.3) is 0 Å². The molecule has 3 aromatic carbocycles. The SMILES string of the molecule is CN[C@H]1CC[C@@H](c2ccc(Cl)c(Cl)c2)c2ccc(NS(=O)(=O)c3ccccc3)cc21. The van der Waals surface area contributed by atoms with E-state index in [1.54, 1.807) is 30.3 Å². The average Bonchev–Trinajstić information content (AvgIpc) is 2.75. The van der Waals surface area contributed by atoms with Crippen LogP contribution in [0.3, 0.4) is 0 Å². The molecule has 0 saturated carbocycles. The molecule has 4 rings (SSSR count). The molecule has 0 spiro atoms. The Labute approximate surface area is 187 Å². The van der Waals surface area contributed by atoms with Crippen molar-refractivity contribution in [2.75, 3.05) is 11.8 Å². The van der Waals surface area contributed by atoms with E-state index in [-0.39, 0.29) is 16.9 Å². The number of nitrogens with one attached hydrogen (secondary N) is 2. The predicted molar refractivity (Wildman–Crippen MR) is 123 cm³/mol. The molecule has 0 amide bonds. The minimum Gasteiger partial charge on any atom is -0.313 e. The van der Waals surface area contributed by atoms with Crippen molar-refractivity contribution in [3.8, 4) is 0 Å². The fourth-order valence-corrected chi connectivity index (χ4v) is 5.47. The Balaban J connectivity index is 1.70. The summed E-state index contributed by atoms with van der Waals surface area (Å²) < 4.78 is 28.2. The first-order valence-corrected chi connectivity index (χ1v) is 12.0. The van der Waals surface area contributed by atoms with Gasteiger partial charge in [0.1, 0.15) is 0 Å². The Morgan fingerprint density at radius 3 is 2.33 bits per heavy atom. The molecule has 2 N–H and O–H groups in total. The Morgan fingerprint density at radius 1 is 0.867 bits per heavy atom. The molecular formula is C23H22Cl2N2O2S. The summed E-state index contributed by atoms with van der Waals surface area (Å²) in [6.45, 7) is 0. The number of hydrogen-bond acceptors (Lipinski definition) is 3. The number of benzene rings is 3. The van der Waals surface area contributed by atoms with E-state index < -0.39 is 10.0 Å². The zero-order valence-electron chi connectivity index (χ0n) is 16.4. The molecule has 0 saturated heterocycles. The van der Waals surface area contributed by atoms with Gasteiger partial charge in [-0.05, 0) is 73.0 Å². The Bertz CT molecular complexity index is 1170. The predicted octanol–water partition coefficient (Wildman–Crippen LogP) is 5.98. The smallest absolute Gasteiger partial charge is 0.261 e. The summed E-state index contributed by atoms with van der Waals surface area (Å²) in [6, 6.07) is 20.0. The van der Waals surface area contributed by atoms with Gasteiger partial charge in [0.05, 0.1) is 14.9 Å². The highest BCUT2D eigenvalue weighted by molar-refractivity contribution is 7.92. The molecule has 0 aromatic heterocycles. The van der Waals surface area contributed by atoms with Crippen molar-refractivity contribution in [3.05, 3.63) is 93.5 Å². The molecule has 30 heavy (non-hydrogen) atoms. The lowest BCUT2D eigenvalue weighted by Crippen LogP contribution is -2.24. The number of hydrogen-bond donors (Lipinski definition) is 2. The van der Waals surface area contributed by atoms with E-state index in [2.05, 4.69) is 10.0 Å². The van der Waals surface area contributed by atoms with Gasteiger partial charge in [-0.1, -0.05) is 53.5 Å². The monoisotopic (exact) mass is 460 g/mol. The van der Waals surface area contributed by atoms with E-state index in [0.717, 1.165) is 24.0 Å². The summed E-state index contributed by atoms with van der Waals surface area (Å²) in [6.07, 6.45) is 1.90. The van der Waals surface area contributed by atoms with E-state index in [4.69, 9.17) is 23.2 Å². The third-order valence-electron chi connectivity index (χ3n) is 5.58. The Morgan fingerprint density at radius 2 is 1.63 bits per heavy atom. The lowest BCUT2D eigenvalue weighted by atomic mass is 9.76. The molecule has 1 aliphatic carbocycles. The van der Waals surface area contributed by atoms with Crippen LogP contribution in [0.1, 0.15) is 41.5 Å². The molecule has 7 heteroatoms. The fourth-order valence-electron chi connectivity index (χ4n) is 4.09. The number of rotatable bonds is 5. The standard InChI is InChI=1S/C23H22Cl2N2O2S/c1-26-23-12-10-18(15-7-11-21(24)22(25)13-15)19-9-8-16(14-20(19)23)27-30(28,29)17-5-3-2-4-6-17/h2-9,11,13-14,18,23,26-27H,10,12H2,1H3/t18-,23-/m0/s1. The first kappa shape index (κ1) is 21.2. The highest BCUT2D eigenvalue weighted by Crippen LogP contribution is 2.43. The molecule has 4 nitrogen and oxygen atoms in total. The number of anilines is 1. The second-order valence-electron chi connectivity index (χ2n) is 7.41. The Hall–Kier alpha value is -2.05. The quantitative estimate of drug-likeness (QED) is 0.492. The zero-order chi connectivity index (χ0) is 21.3. The van der Waals surface area contributed by atoms with E-state index in [1.807, 2.05) is 43.4 Å². The Kier molecular flexibility index (Phi) is 6.07. The van der Waals surface area contributed by atoms with Crippen molar-refractivity contribution in [2.24, 2.45) is 0 Å². The van der Waals surface area contributed by atoms with Gasteiger partial charge in [0, 0.05) is 17.6 Å². The number of halogens is 2. The molecule has 0 radical (unpaired) electrons. The van der Waals surface area contributed by atoms with Crippen LogP contribution in [0.15, 0.2) is 71.6 Å². The minimum atomic E-state index is -3.64. The van der Waals surface area contributed by atoms with Crippen LogP contribution in [0.4, 0.5) is 5.69 Å². The third kappa shape index (κ3) is 4.21. The second kappa shape index (κ2) is 8.60.